The van der Waals surface area contributed by atoms with Crippen LogP contribution in [0.25, 0.3) is 28.0 Å². The van der Waals surface area contributed by atoms with Crippen molar-refractivity contribution in [1.29, 1.82) is 5.26 Å². The molecule has 5 rings (SSSR count). The summed E-state index contributed by atoms with van der Waals surface area (Å²) < 4.78 is 30.2. The van der Waals surface area contributed by atoms with Gasteiger partial charge in [0.05, 0.1) is 5.69 Å². The number of carbonyl (C=O) groups is 1. The van der Waals surface area contributed by atoms with Crippen molar-refractivity contribution in [3.05, 3.63) is 118 Å². The first-order valence-corrected chi connectivity index (χ1v) is 14.7. The largest absolute Gasteiger partial charge is 0.388 e. The number of amides is 1. The van der Waals surface area contributed by atoms with Gasteiger partial charge in [-0.05, 0) is 111 Å². The predicted octanol–water partition coefficient (Wildman–Crippen LogP) is 5.62. The average molecular weight is 622 g/mol. The molecule has 4 aromatic rings. The Morgan fingerprint density at radius 2 is 1.80 bits per heavy atom. The molecular weight excluding hydrogens is 588 g/mol. The van der Waals surface area contributed by atoms with Gasteiger partial charge in [0.1, 0.15) is 34.8 Å². The maximum Gasteiger partial charge on any atom is 0.269 e. The van der Waals surface area contributed by atoms with Crippen LogP contribution in [0, 0.1) is 23.0 Å². The molecule has 0 spiro atoms. The van der Waals surface area contributed by atoms with Crippen LogP contribution in [0.5, 0.6) is 0 Å². The van der Waals surface area contributed by atoms with Crippen molar-refractivity contribution in [1.82, 2.24) is 20.2 Å². The summed E-state index contributed by atoms with van der Waals surface area (Å²) in [6.45, 7) is 9.36. The molecule has 0 aliphatic carbocycles. The molecule has 1 aliphatic heterocycles. The van der Waals surface area contributed by atoms with Gasteiger partial charge >= 0.3 is 0 Å². The van der Waals surface area contributed by atoms with Gasteiger partial charge in [0.25, 0.3) is 11.5 Å². The fourth-order valence-electron chi connectivity index (χ4n) is 5.28. The first-order valence-electron chi connectivity index (χ1n) is 14.7. The molecule has 1 aliphatic rings. The molecule has 2 aromatic heterocycles. The van der Waals surface area contributed by atoms with Gasteiger partial charge in [-0.1, -0.05) is 6.58 Å². The number of piperidine rings is 1. The lowest BCUT2D eigenvalue weighted by molar-refractivity contribution is 0.102. The smallest absolute Gasteiger partial charge is 0.269 e. The minimum atomic E-state index is -0.829. The second-order valence-corrected chi connectivity index (χ2v) is 11.2. The lowest BCUT2D eigenvalue weighted by Gasteiger charge is -2.23. The van der Waals surface area contributed by atoms with Crippen LogP contribution >= 0.6 is 0 Å². The molecule has 5 N–H and O–H groups in total. The zero-order valence-corrected chi connectivity index (χ0v) is 25.5. The highest BCUT2D eigenvalue weighted by Crippen LogP contribution is 2.31. The Morgan fingerprint density at radius 3 is 2.46 bits per heavy atom. The van der Waals surface area contributed by atoms with E-state index in [1.54, 1.807) is 19.2 Å². The fourth-order valence-corrected chi connectivity index (χ4v) is 5.28. The summed E-state index contributed by atoms with van der Waals surface area (Å²) in [5.74, 6) is -1.88. The first kappa shape index (κ1) is 31.8. The normalized spacial score (nSPS) is 13.6. The zero-order chi connectivity index (χ0) is 33.0. The highest BCUT2D eigenvalue weighted by Gasteiger charge is 2.22. The number of hydrogen-bond acceptors (Lipinski definition) is 7. The number of nitrogens with one attached hydrogen (secondary N) is 3. The molecule has 9 nitrogen and oxygen atoms in total. The van der Waals surface area contributed by atoms with Crippen molar-refractivity contribution in [2.45, 2.75) is 32.7 Å². The summed E-state index contributed by atoms with van der Waals surface area (Å²) in [6, 6.07) is 14.4. The minimum absolute atomic E-state index is 0.0587. The van der Waals surface area contributed by atoms with Gasteiger partial charge in [0.15, 0.2) is 0 Å². The quantitative estimate of drug-likeness (QED) is 0.200. The number of carbonyl (C=O) groups excluding carboxylic acids is 1. The lowest BCUT2D eigenvalue weighted by Crippen LogP contribution is -2.37. The van der Waals surface area contributed by atoms with Crippen LogP contribution < -0.4 is 27.2 Å². The van der Waals surface area contributed by atoms with Crippen molar-refractivity contribution in [3.8, 4) is 22.9 Å². The Bertz CT molecular complexity index is 1950. The maximum atomic E-state index is 15.5. The van der Waals surface area contributed by atoms with Crippen LogP contribution in [0.15, 0.2) is 78.4 Å². The molecule has 3 heterocycles. The van der Waals surface area contributed by atoms with E-state index in [1.165, 1.54) is 30.3 Å². The summed E-state index contributed by atoms with van der Waals surface area (Å²) in [5, 5.41) is 19.2. The molecule has 11 heteroatoms. The third kappa shape index (κ3) is 6.72. The van der Waals surface area contributed by atoms with Crippen LogP contribution in [0.4, 0.5) is 20.3 Å². The Kier molecular flexibility index (Phi) is 9.39. The molecule has 0 unspecified atom stereocenters. The number of nitrogens with two attached hydrogens (primary N) is 1. The molecule has 1 fully saturated rings. The molecule has 0 atom stereocenters. The number of allylic oxidation sites excluding steroid dienone is 2. The minimum Gasteiger partial charge on any atom is -0.388 e. The van der Waals surface area contributed by atoms with E-state index in [1.807, 2.05) is 19.2 Å². The van der Waals surface area contributed by atoms with Crippen LogP contribution in [-0.2, 0) is 0 Å². The van der Waals surface area contributed by atoms with Gasteiger partial charge in [0, 0.05) is 40.8 Å². The van der Waals surface area contributed by atoms with E-state index < -0.39 is 23.1 Å². The van der Waals surface area contributed by atoms with E-state index in [-0.39, 0.29) is 39.6 Å². The van der Waals surface area contributed by atoms with Crippen molar-refractivity contribution in [2.75, 3.05) is 24.1 Å². The van der Waals surface area contributed by atoms with Crippen LogP contribution in [0.1, 0.15) is 53.9 Å². The predicted molar refractivity (Wildman–Crippen MR) is 176 cm³/mol. The van der Waals surface area contributed by atoms with E-state index in [4.69, 9.17) is 5.73 Å². The molecular formula is C35H33F2N7O2. The highest BCUT2D eigenvalue weighted by molar-refractivity contribution is 6.04. The molecule has 1 saturated heterocycles. The summed E-state index contributed by atoms with van der Waals surface area (Å²) >= 11 is 0. The average Bonchev–Trinajstić information content (AvgIpc) is 3.04. The SMILES string of the molecule is C=C(C)c1cc(C(=O)Nc2ccc(-c3cc(/C(C)=C/NC4CCNCC4)cnc3N)c(F)c2)c(=O)n(-c2ccc(F)cc2)c1C#N. The number of benzene rings is 2. The number of nitriles is 1. The molecule has 2 aromatic carbocycles. The van der Waals surface area contributed by atoms with Crippen LogP contribution in [0.2, 0.25) is 0 Å². The topological polar surface area (TPSA) is 138 Å². The Labute approximate surface area is 265 Å². The summed E-state index contributed by atoms with van der Waals surface area (Å²) in [5.41, 5.74) is 8.20. The number of hydrogen-bond donors (Lipinski definition) is 4. The van der Waals surface area contributed by atoms with E-state index >= 15 is 4.39 Å². The van der Waals surface area contributed by atoms with Crippen molar-refractivity contribution in [2.24, 2.45) is 0 Å². The number of nitrogen functional groups attached to an aromatic ring is 1. The number of nitrogens with zero attached hydrogens (tertiary/aromatic N) is 3. The molecule has 46 heavy (non-hydrogen) atoms. The number of anilines is 2. The molecule has 1 amide bonds. The van der Waals surface area contributed by atoms with Crippen LogP contribution in [-0.4, -0.2) is 34.6 Å². The van der Waals surface area contributed by atoms with Gasteiger partial charge < -0.3 is 21.7 Å². The Morgan fingerprint density at radius 1 is 1.09 bits per heavy atom. The molecule has 0 saturated carbocycles. The molecule has 0 bridgehead atoms. The fraction of sp³-hybridized carbons (Fsp3) is 0.200. The van der Waals surface area contributed by atoms with Gasteiger partial charge in [-0.15, -0.1) is 0 Å². The number of rotatable bonds is 8. The second-order valence-electron chi connectivity index (χ2n) is 11.2. The third-order valence-electron chi connectivity index (χ3n) is 7.86. The van der Waals surface area contributed by atoms with E-state index in [0.717, 1.165) is 59.8 Å². The highest BCUT2D eigenvalue weighted by atomic mass is 19.1. The van der Waals surface area contributed by atoms with E-state index in [9.17, 15) is 19.2 Å². The van der Waals surface area contributed by atoms with Gasteiger partial charge in [-0.3, -0.25) is 14.2 Å². The van der Waals surface area contributed by atoms with Gasteiger partial charge in [0.2, 0.25) is 0 Å². The summed E-state index contributed by atoms with van der Waals surface area (Å²) in [4.78, 5) is 31.2. The first-order chi connectivity index (χ1) is 22.1. The number of pyridine rings is 2. The van der Waals surface area contributed by atoms with Crippen LogP contribution in [0.3, 0.4) is 0 Å². The Hall–Kier alpha value is -5.60. The van der Waals surface area contributed by atoms with E-state index in [2.05, 4.69) is 27.5 Å². The van der Waals surface area contributed by atoms with Crippen molar-refractivity contribution >= 4 is 28.6 Å². The van der Waals surface area contributed by atoms with Gasteiger partial charge in [-0.2, -0.15) is 5.26 Å². The molecule has 0 radical (unpaired) electrons. The maximum absolute atomic E-state index is 15.5. The third-order valence-corrected chi connectivity index (χ3v) is 7.86. The Balaban J connectivity index is 1.43. The monoisotopic (exact) mass is 621 g/mol. The van der Waals surface area contributed by atoms with Crippen molar-refractivity contribution < 1.29 is 13.6 Å². The molecule has 234 valence electrons. The lowest BCUT2D eigenvalue weighted by atomic mass is 10.0. The second kappa shape index (κ2) is 13.6. The summed E-state index contributed by atoms with van der Waals surface area (Å²) in [7, 11) is 0. The standard InChI is InChI=1S/C35H33F2N7O2/c1-20(2)28-16-30(35(46)44(32(28)17-38)26-7-4-23(36)5-8-26)34(45)43-25-6-9-27(31(37)15-25)29-14-22(19-42-33(29)39)21(3)18-41-24-10-12-40-13-11-24/h4-9,14-16,18-19,24,40-41H,1,10-13H2,2-3H3,(H2,39,42)(H,43,45)/b21-18+. The number of aromatic nitrogens is 2. The van der Waals surface area contributed by atoms with Crippen molar-refractivity contribution in [3.63, 3.8) is 0 Å². The van der Waals surface area contributed by atoms with E-state index in [0.29, 0.717) is 17.2 Å². The number of halogens is 2. The summed E-state index contributed by atoms with van der Waals surface area (Å²) in [6.07, 6.45) is 5.62. The van der Waals surface area contributed by atoms with Gasteiger partial charge in [-0.25, -0.2) is 13.8 Å². The zero-order valence-electron chi connectivity index (χ0n) is 25.5.